The third-order valence-corrected chi connectivity index (χ3v) is 1.99. The summed E-state index contributed by atoms with van der Waals surface area (Å²) in [6, 6.07) is 0. The van der Waals surface area contributed by atoms with E-state index in [0.29, 0.717) is 0 Å². The van der Waals surface area contributed by atoms with E-state index in [9.17, 15) is 4.79 Å². The highest BCUT2D eigenvalue weighted by molar-refractivity contribution is 7.98. The van der Waals surface area contributed by atoms with Gasteiger partial charge in [-0.15, -0.1) is 5.10 Å². The van der Waals surface area contributed by atoms with Crippen LogP contribution in [0.15, 0.2) is 9.95 Å². The molecular weight excluding hydrogens is 174 g/mol. The molecule has 1 aromatic heterocycles. The maximum absolute atomic E-state index is 11.0. The molecule has 0 saturated carbocycles. The predicted octanol–water partition coefficient (Wildman–Crippen LogP) is 0.867. The molecule has 0 aromatic carbocycles. The van der Waals surface area contributed by atoms with Gasteiger partial charge >= 0.3 is 5.69 Å². The lowest BCUT2D eigenvalue weighted by Crippen LogP contribution is -2.20. The van der Waals surface area contributed by atoms with Crippen LogP contribution in [-0.4, -0.2) is 20.6 Å². The zero-order chi connectivity index (χ0) is 9.72. The van der Waals surface area contributed by atoms with Crippen molar-refractivity contribution in [3.05, 3.63) is 10.5 Å². The van der Waals surface area contributed by atoms with Gasteiger partial charge in [0.15, 0.2) is 5.16 Å². The molecule has 12 heavy (non-hydrogen) atoms. The first-order chi connectivity index (χ1) is 5.66. The Hall–Kier alpha value is -0.710. The molecule has 0 amide bonds. The third-order valence-electron chi connectivity index (χ3n) is 1.27. The van der Waals surface area contributed by atoms with E-state index in [-0.39, 0.29) is 5.69 Å². The monoisotopic (exact) mass is 189 g/mol. The molecule has 0 bridgehead atoms. The third kappa shape index (κ3) is 2.14. The smallest absolute Gasteiger partial charge is 0.273 e. The molecular formula is C7H15N3OS. The highest BCUT2D eigenvalue weighted by Crippen LogP contribution is 2.05. The lowest BCUT2D eigenvalue weighted by Gasteiger charge is -1.88. The quantitative estimate of drug-likeness (QED) is 0.615. The van der Waals surface area contributed by atoms with Gasteiger partial charge in [0.05, 0.1) is 0 Å². The number of nitrogens with zero attached hydrogens (tertiary/aromatic N) is 3. The molecule has 0 aliphatic heterocycles. The summed E-state index contributed by atoms with van der Waals surface area (Å²) in [7, 11) is 3.35. The van der Waals surface area contributed by atoms with Crippen LogP contribution in [0.1, 0.15) is 13.8 Å². The minimum atomic E-state index is -0.0793. The molecule has 1 aromatic rings. The van der Waals surface area contributed by atoms with Crippen molar-refractivity contribution in [2.75, 3.05) is 6.26 Å². The van der Waals surface area contributed by atoms with Crippen molar-refractivity contribution in [2.45, 2.75) is 19.0 Å². The molecule has 0 saturated heterocycles. The number of hydrogen-bond donors (Lipinski definition) is 0. The second kappa shape index (κ2) is 5.03. The van der Waals surface area contributed by atoms with Crippen LogP contribution in [0.2, 0.25) is 0 Å². The van der Waals surface area contributed by atoms with Crippen molar-refractivity contribution in [3.8, 4) is 0 Å². The molecule has 0 N–H and O–H groups in total. The van der Waals surface area contributed by atoms with Crippen LogP contribution in [0.25, 0.3) is 0 Å². The Labute approximate surface area is 76.6 Å². The molecule has 0 aliphatic carbocycles. The van der Waals surface area contributed by atoms with E-state index in [1.807, 2.05) is 20.1 Å². The van der Waals surface area contributed by atoms with E-state index in [1.54, 1.807) is 14.1 Å². The Kier molecular flexibility index (Phi) is 4.73. The molecule has 1 heterocycles. The summed E-state index contributed by atoms with van der Waals surface area (Å²) in [4.78, 5) is 11.0. The molecule has 0 aliphatic rings. The SMILES string of the molecule is CC.CSc1nn(C)c(=O)n1C. The van der Waals surface area contributed by atoms with E-state index in [0.717, 1.165) is 5.16 Å². The summed E-state index contributed by atoms with van der Waals surface area (Å²) in [5.74, 6) is 0. The largest absolute Gasteiger partial charge is 0.346 e. The molecule has 0 fully saturated rings. The first kappa shape index (κ1) is 11.3. The van der Waals surface area contributed by atoms with Crippen LogP contribution in [0.4, 0.5) is 0 Å². The van der Waals surface area contributed by atoms with Crippen LogP contribution in [-0.2, 0) is 14.1 Å². The molecule has 1 rings (SSSR count). The normalized spacial score (nSPS) is 9.08. The maximum Gasteiger partial charge on any atom is 0.346 e. The van der Waals surface area contributed by atoms with E-state index in [4.69, 9.17) is 0 Å². The minimum absolute atomic E-state index is 0.0793. The van der Waals surface area contributed by atoms with Gasteiger partial charge in [-0.3, -0.25) is 4.57 Å². The molecule has 4 nitrogen and oxygen atoms in total. The Balaban J connectivity index is 0.000000561. The van der Waals surface area contributed by atoms with Crippen LogP contribution in [0.5, 0.6) is 0 Å². The highest BCUT2D eigenvalue weighted by Gasteiger charge is 2.03. The Morgan fingerprint density at radius 1 is 1.33 bits per heavy atom. The van der Waals surface area contributed by atoms with Gasteiger partial charge < -0.3 is 0 Å². The molecule has 0 atom stereocenters. The van der Waals surface area contributed by atoms with Crippen molar-refractivity contribution in [3.63, 3.8) is 0 Å². The van der Waals surface area contributed by atoms with E-state index in [1.165, 1.54) is 21.0 Å². The average molecular weight is 189 g/mol. The first-order valence-electron chi connectivity index (χ1n) is 3.81. The Morgan fingerprint density at radius 3 is 2.00 bits per heavy atom. The summed E-state index contributed by atoms with van der Waals surface area (Å²) in [5, 5.41) is 4.70. The summed E-state index contributed by atoms with van der Waals surface area (Å²) in [6.45, 7) is 4.00. The van der Waals surface area contributed by atoms with Crippen molar-refractivity contribution in [1.82, 2.24) is 14.3 Å². The topological polar surface area (TPSA) is 39.8 Å². The fourth-order valence-electron chi connectivity index (χ4n) is 0.715. The zero-order valence-electron chi connectivity index (χ0n) is 8.16. The standard InChI is InChI=1S/C5H9N3OS.C2H6/c1-7-4(10-3)6-8(2)5(7)9;1-2/h1-3H3;1-2H3. The first-order valence-corrected chi connectivity index (χ1v) is 5.03. The van der Waals surface area contributed by atoms with Crippen molar-refractivity contribution in [2.24, 2.45) is 14.1 Å². The lowest BCUT2D eigenvalue weighted by molar-refractivity contribution is 0.712. The van der Waals surface area contributed by atoms with Crippen LogP contribution < -0.4 is 5.69 Å². The van der Waals surface area contributed by atoms with Crippen molar-refractivity contribution < 1.29 is 0 Å². The molecule has 0 unspecified atom stereocenters. The van der Waals surface area contributed by atoms with Crippen LogP contribution in [0, 0.1) is 0 Å². The van der Waals surface area contributed by atoms with Crippen LogP contribution >= 0.6 is 11.8 Å². The average Bonchev–Trinajstić information content (AvgIpc) is 2.36. The number of rotatable bonds is 1. The van der Waals surface area contributed by atoms with Gasteiger partial charge in [-0.1, -0.05) is 25.6 Å². The second-order valence-corrected chi connectivity index (χ2v) is 2.73. The summed E-state index contributed by atoms with van der Waals surface area (Å²) < 4.78 is 2.84. The second-order valence-electron chi connectivity index (χ2n) is 1.95. The summed E-state index contributed by atoms with van der Waals surface area (Å²) in [6.07, 6.45) is 1.89. The van der Waals surface area contributed by atoms with E-state index in [2.05, 4.69) is 5.10 Å². The van der Waals surface area contributed by atoms with Gasteiger partial charge in [0.2, 0.25) is 0 Å². The van der Waals surface area contributed by atoms with Gasteiger partial charge in [0, 0.05) is 14.1 Å². The van der Waals surface area contributed by atoms with Gasteiger partial charge in [0.1, 0.15) is 0 Å². The molecule has 0 radical (unpaired) electrons. The fourth-order valence-corrected chi connectivity index (χ4v) is 1.27. The number of aryl methyl sites for hydroxylation is 1. The number of thioether (sulfide) groups is 1. The Bertz CT molecular complexity index is 289. The van der Waals surface area contributed by atoms with Gasteiger partial charge in [-0.05, 0) is 6.26 Å². The van der Waals surface area contributed by atoms with Crippen molar-refractivity contribution in [1.29, 1.82) is 0 Å². The molecule has 0 spiro atoms. The summed E-state index contributed by atoms with van der Waals surface area (Å²) in [5.41, 5.74) is -0.0793. The molecule has 5 heteroatoms. The molecule has 70 valence electrons. The van der Waals surface area contributed by atoms with E-state index < -0.39 is 0 Å². The lowest BCUT2D eigenvalue weighted by atomic mass is 11.0. The number of aromatic nitrogens is 3. The van der Waals surface area contributed by atoms with E-state index >= 15 is 0 Å². The highest BCUT2D eigenvalue weighted by atomic mass is 32.2. The van der Waals surface area contributed by atoms with Gasteiger partial charge in [-0.25, -0.2) is 9.48 Å². The Morgan fingerprint density at radius 2 is 1.83 bits per heavy atom. The zero-order valence-corrected chi connectivity index (χ0v) is 8.97. The number of hydrogen-bond acceptors (Lipinski definition) is 3. The van der Waals surface area contributed by atoms with Gasteiger partial charge in [0.25, 0.3) is 0 Å². The van der Waals surface area contributed by atoms with Crippen LogP contribution in [0.3, 0.4) is 0 Å². The maximum atomic E-state index is 11.0. The predicted molar refractivity (Wildman–Crippen MR) is 51.6 cm³/mol. The van der Waals surface area contributed by atoms with Crippen molar-refractivity contribution >= 4 is 11.8 Å². The van der Waals surface area contributed by atoms with Gasteiger partial charge in [-0.2, -0.15) is 0 Å². The fraction of sp³-hybridized carbons (Fsp3) is 0.714. The minimum Gasteiger partial charge on any atom is -0.273 e. The summed E-state index contributed by atoms with van der Waals surface area (Å²) >= 11 is 1.46.